The molecule has 2 heterocycles. The molecule has 5 heteroatoms. The molecule has 0 aliphatic rings. The average molecular weight is 187 g/mol. The molecule has 2 N–H and O–H groups in total. The molecule has 0 unspecified atom stereocenters. The second-order valence-electron chi connectivity index (χ2n) is 2.58. The van der Waals surface area contributed by atoms with Gasteiger partial charge in [0.05, 0.1) is 0 Å². The van der Waals surface area contributed by atoms with Gasteiger partial charge < -0.3 is 0 Å². The number of aromatic amines is 2. The number of fused-ring (bicyclic) bond motifs is 1. The number of nitrogens with one attached hydrogen (secondary N) is 2. The van der Waals surface area contributed by atoms with Crippen molar-refractivity contribution in [1.29, 1.82) is 0 Å². The standard InChI is InChI=1S/C6H5N3.C3H4N2/c1-2-4-6-5(3-1)7-9-8-6;1-2-4-5-3-1/h1-4H,(H,7,8,9);1-3H,(H,4,5). The lowest BCUT2D eigenvalue weighted by Gasteiger charge is -1.78. The number of hydrogen-bond acceptors (Lipinski definition) is 3. The first-order valence-electron chi connectivity index (χ1n) is 4.16. The lowest BCUT2D eigenvalue weighted by Crippen LogP contribution is -1.63. The third-order valence-electron chi connectivity index (χ3n) is 1.63. The molecule has 0 radical (unpaired) electrons. The highest BCUT2D eigenvalue weighted by molar-refractivity contribution is 5.72. The van der Waals surface area contributed by atoms with E-state index < -0.39 is 0 Å². The highest BCUT2D eigenvalue weighted by atomic mass is 15.3. The molecule has 0 atom stereocenters. The highest BCUT2D eigenvalue weighted by Crippen LogP contribution is 2.03. The zero-order valence-corrected chi connectivity index (χ0v) is 7.38. The minimum absolute atomic E-state index is 0.914. The number of rotatable bonds is 0. The Bertz CT molecular complexity index is 423. The fourth-order valence-corrected chi connectivity index (χ4v) is 1.00. The Balaban J connectivity index is 0.000000128. The fraction of sp³-hybridized carbons (Fsp3) is 0. The molecule has 1 aromatic carbocycles. The largest absolute Gasteiger partial charge is 0.286 e. The quantitative estimate of drug-likeness (QED) is 0.558. The van der Waals surface area contributed by atoms with E-state index in [0.29, 0.717) is 0 Å². The van der Waals surface area contributed by atoms with Crippen molar-refractivity contribution in [1.82, 2.24) is 25.6 Å². The van der Waals surface area contributed by atoms with Crippen molar-refractivity contribution in [2.45, 2.75) is 0 Å². The van der Waals surface area contributed by atoms with Crippen LogP contribution in [0.15, 0.2) is 42.7 Å². The number of hydrogen-bond donors (Lipinski definition) is 2. The van der Waals surface area contributed by atoms with Crippen LogP contribution in [0.2, 0.25) is 0 Å². The van der Waals surface area contributed by atoms with Gasteiger partial charge in [-0.1, -0.05) is 12.1 Å². The van der Waals surface area contributed by atoms with E-state index in [-0.39, 0.29) is 0 Å². The Hall–Kier alpha value is -2.17. The Morgan fingerprint density at radius 2 is 1.64 bits per heavy atom. The molecule has 0 saturated carbocycles. The average Bonchev–Trinajstić information content (AvgIpc) is 2.92. The SMILES string of the molecule is c1ccc2n[nH]nc2c1.c1cn[nH]c1. The van der Waals surface area contributed by atoms with Gasteiger partial charge in [0, 0.05) is 12.4 Å². The van der Waals surface area contributed by atoms with Gasteiger partial charge >= 0.3 is 0 Å². The van der Waals surface area contributed by atoms with Gasteiger partial charge in [-0.05, 0) is 18.2 Å². The second-order valence-corrected chi connectivity index (χ2v) is 2.58. The van der Waals surface area contributed by atoms with Gasteiger partial charge in [0.2, 0.25) is 0 Å². The van der Waals surface area contributed by atoms with Crippen LogP contribution in [0.5, 0.6) is 0 Å². The summed E-state index contributed by atoms with van der Waals surface area (Å²) in [6.07, 6.45) is 3.46. The van der Waals surface area contributed by atoms with E-state index in [1.807, 2.05) is 30.3 Å². The van der Waals surface area contributed by atoms with E-state index >= 15 is 0 Å². The van der Waals surface area contributed by atoms with E-state index in [9.17, 15) is 0 Å². The predicted molar refractivity (Wildman–Crippen MR) is 52.5 cm³/mol. The van der Waals surface area contributed by atoms with Crippen LogP contribution in [0.4, 0.5) is 0 Å². The molecular weight excluding hydrogens is 178 g/mol. The summed E-state index contributed by atoms with van der Waals surface area (Å²) >= 11 is 0. The van der Waals surface area contributed by atoms with E-state index in [1.54, 1.807) is 12.4 Å². The van der Waals surface area contributed by atoms with Crippen molar-refractivity contribution in [3.05, 3.63) is 42.7 Å². The van der Waals surface area contributed by atoms with Crippen LogP contribution >= 0.6 is 0 Å². The maximum Gasteiger partial charge on any atom is 0.112 e. The molecule has 0 fully saturated rings. The predicted octanol–water partition coefficient (Wildman–Crippen LogP) is 1.37. The molecule has 3 aromatic rings. The summed E-state index contributed by atoms with van der Waals surface area (Å²) in [7, 11) is 0. The Morgan fingerprint density at radius 3 is 2.07 bits per heavy atom. The molecule has 2 aromatic heterocycles. The van der Waals surface area contributed by atoms with Crippen molar-refractivity contribution >= 4 is 11.0 Å². The van der Waals surface area contributed by atoms with Gasteiger partial charge in [0.15, 0.2) is 0 Å². The Morgan fingerprint density at radius 1 is 0.929 bits per heavy atom. The van der Waals surface area contributed by atoms with Gasteiger partial charge in [0.25, 0.3) is 0 Å². The molecule has 14 heavy (non-hydrogen) atoms. The Kier molecular flexibility index (Phi) is 2.51. The first-order valence-corrected chi connectivity index (χ1v) is 4.16. The number of para-hydroxylation sites is 2. The topological polar surface area (TPSA) is 70.2 Å². The summed E-state index contributed by atoms with van der Waals surface area (Å²) in [6.45, 7) is 0. The van der Waals surface area contributed by atoms with Crippen LogP contribution in [0, 0.1) is 0 Å². The molecule has 0 saturated heterocycles. The van der Waals surface area contributed by atoms with Crippen LogP contribution in [0.1, 0.15) is 0 Å². The van der Waals surface area contributed by atoms with Gasteiger partial charge in [-0.25, -0.2) is 0 Å². The van der Waals surface area contributed by atoms with E-state index in [4.69, 9.17) is 0 Å². The highest BCUT2D eigenvalue weighted by Gasteiger charge is 1.90. The summed E-state index contributed by atoms with van der Waals surface area (Å²) in [5.41, 5.74) is 1.83. The van der Waals surface area contributed by atoms with E-state index in [1.165, 1.54) is 0 Å². The van der Waals surface area contributed by atoms with Crippen molar-refractivity contribution in [2.75, 3.05) is 0 Å². The zero-order valence-electron chi connectivity index (χ0n) is 7.38. The van der Waals surface area contributed by atoms with Crippen LogP contribution in [0.3, 0.4) is 0 Å². The molecule has 3 rings (SSSR count). The van der Waals surface area contributed by atoms with Gasteiger partial charge in [-0.15, -0.1) is 0 Å². The summed E-state index contributed by atoms with van der Waals surface area (Å²) < 4.78 is 0. The Labute approximate surface area is 80.2 Å². The van der Waals surface area contributed by atoms with Gasteiger partial charge in [-0.3, -0.25) is 5.10 Å². The third kappa shape index (κ3) is 1.95. The molecule has 0 aliphatic carbocycles. The zero-order chi connectivity index (χ0) is 9.64. The fourth-order valence-electron chi connectivity index (χ4n) is 1.00. The van der Waals surface area contributed by atoms with Crippen molar-refractivity contribution < 1.29 is 0 Å². The second kappa shape index (κ2) is 4.18. The number of H-pyrrole nitrogens is 2. The van der Waals surface area contributed by atoms with Gasteiger partial charge in [0.1, 0.15) is 11.0 Å². The maximum absolute atomic E-state index is 3.88. The lowest BCUT2D eigenvalue weighted by atomic mass is 10.3. The van der Waals surface area contributed by atoms with Crippen molar-refractivity contribution in [2.24, 2.45) is 0 Å². The van der Waals surface area contributed by atoms with Crippen molar-refractivity contribution in [3.63, 3.8) is 0 Å². The first-order chi connectivity index (χ1) is 6.97. The summed E-state index contributed by atoms with van der Waals surface area (Å²) in [6, 6.07) is 9.54. The number of benzene rings is 1. The lowest BCUT2D eigenvalue weighted by molar-refractivity contribution is 0.959. The van der Waals surface area contributed by atoms with E-state index in [2.05, 4.69) is 25.6 Å². The number of nitrogens with zero attached hydrogens (tertiary/aromatic N) is 3. The smallest absolute Gasteiger partial charge is 0.112 e. The van der Waals surface area contributed by atoms with Crippen LogP contribution in [-0.4, -0.2) is 25.6 Å². The molecule has 0 amide bonds. The molecule has 70 valence electrons. The van der Waals surface area contributed by atoms with Crippen LogP contribution < -0.4 is 0 Å². The monoisotopic (exact) mass is 187 g/mol. The third-order valence-corrected chi connectivity index (χ3v) is 1.63. The molecule has 5 nitrogen and oxygen atoms in total. The molecular formula is C9H9N5. The first kappa shape index (κ1) is 8.43. The normalized spacial score (nSPS) is 9.43. The number of aromatic nitrogens is 5. The summed E-state index contributed by atoms with van der Waals surface area (Å²) in [5, 5.41) is 16.5. The minimum atomic E-state index is 0.914. The van der Waals surface area contributed by atoms with Crippen LogP contribution in [-0.2, 0) is 0 Å². The molecule has 0 spiro atoms. The van der Waals surface area contributed by atoms with Gasteiger partial charge in [-0.2, -0.15) is 20.5 Å². The van der Waals surface area contributed by atoms with Crippen molar-refractivity contribution in [3.8, 4) is 0 Å². The maximum atomic E-state index is 3.88. The van der Waals surface area contributed by atoms with E-state index in [0.717, 1.165) is 11.0 Å². The summed E-state index contributed by atoms with van der Waals surface area (Å²) in [5.74, 6) is 0. The molecule has 0 aliphatic heterocycles. The van der Waals surface area contributed by atoms with Crippen LogP contribution in [0.25, 0.3) is 11.0 Å². The summed E-state index contributed by atoms with van der Waals surface area (Å²) in [4.78, 5) is 0. The minimum Gasteiger partial charge on any atom is -0.286 e. The molecule has 0 bridgehead atoms.